The molecule has 0 heterocycles. The van der Waals surface area contributed by atoms with E-state index in [1.807, 2.05) is 48.5 Å². The molecule has 0 aliphatic rings. The van der Waals surface area contributed by atoms with Gasteiger partial charge in [-0.1, -0.05) is 159 Å². The van der Waals surface area contributed by atoms with Gasteiger partial charge >= 0.3 is 0 Å². The van der Waals surface area contributed by atoms with E-state index in [0.717, 1.165) is 67.1 Å². The van der Waals surface area contributed by atoms with E-state index in [0.29, 0.717) is 23.7 Å². The number of rotatable bonds is 18. The number of hydrogen-bond donors (Lipinski definition) is 0. The van der Waals surface area contributed by atoms with E-state index in [9.17, 15) is 0 Å². The van der Waals surface area contributed by atoms with Gasteiger partial charge in [0.05, 0.1) is 0 Å². The highest BCUT2D eigenvalue weighted by atomic mass is 79.9. The predicted octanol–water partition coefficient (Wildman–Crippen LogP) is 15.2. The molecule has 4 aromatic carbocycles. The van der Waals surface area contributed by atoms with E-state index >= 15 is 0 Å². The van der Waals surface area contributed by atoms with Crippen molar-refractivity contribution in [2.24, 2.45) is 23.7 Å². The topological polar surface area (TPSA) is 0 Å². The Morgan fingerprint density at radius 1 is 0.354 bits per heavy atom. The fraction of sp³-hybridized carbons (Fsp3) is 0.400. The first-order chi connectivity index (χ1) is 23.2. The Morgan fingerprint density at radius 3 is 0.792 bits per heavy atom. The molecule has 0 saturated carbocycles. The summed E-state index contributed by atoms with van der Waals surface area (Å²) < 4.78 is 0. The molecular weight excluding hydrogens is 942 g/mol. The molecule has 0 aliphatic carbocycles. The van der Waals surface area contributed by atoms with Gasteiger partial charge in [-0.25, -0.2) is 0 Å². The van der Waals surface area contributed by atoms with Crippen LogP contribution in [-0.2, 0) is 25.7 Å². The highest BCUT2D eigenvalue weighted by molar-refractivity contribution is 9.09. The van der Waals surface area contributed by atoms with Crippen LogP contribution in [0.1, 0.15) is 47.9 Å². The lowest BCUT2D eigenvalue weighted by Crippen LogP contribution is -2.21. The number of benzene rings is 4. The molecule has 48 heavy (non-hydrogen) atoms. The van der Waals surface area contributed by atoms with Crippen LogP contribution < -0.4 is 0 Å². The van der Waals surface area contributed by atoms with Gasteiger partial charge in [0.25, 0.3) is 0 Å². The smallest absolute Gasteiger partial charge is 0.0406 e. The second-order valence-corrected chi connectivity index (χ2v) is 17.0. The minimum absolute atomic E-state index is 0.598. The summed E-state index contributed by atoms with van der Waals surface area (Å²) in [6.07, 6.45) is 9.16. The van der Waals surface area contributed by atoms with Crippen molar-refractivity contribution in [3.63, 3.8) is 0 Å². The molecule has 260 valence electrons. The van der Waals surface area contributed by atoms with Crippen LogP contribution >= 0.6 is 110 Å². The fourth-order valence-corrected chi connectivity index (χ4v) is 8.74. The Balaban J connectivity index is 0.000000260. The third kappa shape index (κ3) is 16.1. The fourth-order valence-electron chi connectivity index (χ4n) is 6.07. The van der Waals surface area contributed by atoms with Crippen molar-refractivity contribution in [1.82, 2.24) is 0 Å². The monoisotopic (exact) mass is 980 g/mol. The number of alkyl halides is 4. The summed E-state index contributed by atoms with van der Waals surface area (Å²) in [4.78, 5) is 0. The summed E-state index contributed by atoms with van der Waals surface area (Å²) in [5.74, 6) is 2.47. The molecule has 0 aliphatic heterocycles. The standard InChI is InChI=1S/2C20H22Br2Cl2/c2*21-11-1-2-17(12-15-3-7-19(23)8-4-15)18(14-22)13-16-5-9-20(24)10-6-16/h2*3-10,17-18H,1-2,11-14H2/t2*17-,18+/m10/s1. The van der Waals surface area contributed by atoms with Crippen LogP contribution in [0.4, 0.5) is 0 Å². The highest BCUT2D eigenvalue weighted by Gasteiger charge is 2.22. The Kier molecular flexibility index (Phi) is 21.4. The summed E-state index contributed by atoms with van der Waals surface area (Å²) in [5, 5.41) is 7.33. The molecule has 0 bridgehead atoms. The van der Waals surface area contributed by atoms with E-state index in [2.05, 4.69) is 112 Å². The van der Waals surface area contributed by atoms with Crippen molar-refractivity contribution in [1.29, 1.82) is 0 Å². The third-order valence-corrected chi connectivity index (χ3v) is 12.6. The average molecular weight is 986 g/mol. The van der Waals surface area contributed by atoms with Gasteiger partial charge in [-0.3, -0.25) is 0 Å². The first-order valence-electron chi connectivity index (χ1n) is 16.5. The summed E-state index contributed by atoms with van der Waals surface area (Å²) in [6, 6.07) is 33.0. The number of halogens is 8. The van der Waals surface area contributed by atoms with E-state index < -0.39 is 0 Å². The Labute approximate surface area is 342 Å². The first-order valence-corrected chi connectivity index (χ1v) is 22.5. The molecule has 4 aromatic rings. The summed E-state index contributed by atoms with van der Waals surface area (Å²) in [5.41, 5.74) is 5.43. The average Bonchev–Trinajstić information content (AvgIpc) is 3.10. The molecule has 4 rings (SSSR count). The van der Waals surface area contributed by atoms with Crippen LogP contribution in [0, 0.1) is 23.7 Å². The van der Waals surface area contributed by atoms with Crippen LogP contribution in [0.15, 0.2) is 97.1 Å². The molecular formula is C40H44Br4Cl4. The van der Waals surface area contributed by atoms with Gasteiger partial charge in [0.2, 0.25) is 0 Å². The maximum atomic E-state index is 6.02. The zero-order valence-corrected chi connectivity index (χ0v) is 36.4. The Bertz CT molecular complexity index is 1300. The summed E-state index contributed by atoms with van der Waals surface area (Å²) in [6.45, 7) is 0. The van der Waals surface area contributed by atoms with Crippen molar-refractivity contribution in [2.45, 2.75) is 51.4 Å². The maximum Gasteiger partial charge on any atom is 0.0406 e. The molecule has 0 spiro atoms. The van der Waals surface area contributed by atoms with E-state index in [-0.39, 0.29) is 0 Å². The van der Waals surface area contributed by atoms with E-state index in [1.165, 1.54) is 47.9 Å². The lowest BCUT2D eigenvalue weighted by molar-refractivity contribution is 0.336. The maximum absolute atomic E-state index is 6.02. The lowest BCUT2D eigenvalue weighted by atomic mass is 9.81. The molecule has 0 unspecified atom stereocenters. The van der Waals surface area contributed by atoms with Gasteiger partial charge in [0.15, 0.2) is 0 Å². The van der Waals surface area contributed by atoms with Crippen LogP contribution in [0.3, 0.4) is 0 Å². The predicted molar refractivity (Wildman–Crippen MR) is 228 cm³/mol. The molecule has 0 saturated heterocycles. The van der Waals surface area contributed by atoms with Crippen molar-refractivity contribution >= 4 is 110 Å². The van der Waals surface area contributed by atoms with Gasteiger partial charge < -0.3 is 0 Å². The third-order valence-electron chi connectivity index (χ3n) is 8.79. The molecule has 0 aromatic heterocycles. The van der Waals surface area contributed by atoms with Gasteiger partial charge in [0, 0.05) is 41.4 Å². The molecule has 0 N–H and O–H groups in total. The summed E-state index contributed by atoms with van der Waals surface area (Å²) in [7, 11) is 0. The van der Waals surface area contributed by atoms with E-state index in [4.69, 9.17) is 46.4 Å². The van der Waals surface area contributed by atoms with Crippen molar-refractivity contribution < 1.29 is 0 Å². The SMILES string of the molecule is Clc1ccc(C[C@@H](CBr)[C@H](CCCBr)Cc2ccc(Cl)cc2)cc1.Clc1ccc(C[C@H](CBr)[C@@H](CCCBr)Cc2ccc(Cl)cc2)cc1. The largest absolute Gasteiger partial charge is 0.0928 e. The molecule has 0 radical (unpaired) electrons. The van der Waals surface area contributed by atoms with Crippen LogP contribution in [-0.4, -0.2) is 21.3 Å². The quantitative estimate of drug-likeness (QED) is 0.0872. The molecule has 0 fully saturated rings. The van der Waals surface area contributed by atoms with Gasteiger partial charge in [-0.05, 0) is 146 Å². The van der Waals surface area contributed by atoms with Crippen LogP contribution in [0.25, 0.3) is 0 Å². The lowest BCUT2D eigenvalue weighted by Gasteiger charge is -2.26. The van der Waals surface area contributed by atoms with E-state index in [1.54, 1.807) is 0 Å². The Morgan fingerprint density at radius 2 is 0.583 bits per heavy atom. The molecule has 0 amide bonds. The second kappa shape index (κ2) is 24.2. The van der Waals surface area contributed by atoms with Crippen LogP contribution in [0.5, 0.6) is 0 Å². The molecule has 4 atom stereocenters. The minimum atomic E-state index is 0.598. The van der Waals surface area contributed by atoms with Crippen molar-refractivity contribution in [2.75, 3.05) is 21.3 Å². The normalized spacial score (nSPS) is 13.7. The van der Waals surface area contributed by atoms with Crippen LogP contribution in [0.2, 0.25) is 20.1 Å². The highest BCUT2D eigenvalue weighted by Crippen LogP contribution is 2.30. The van der Waals surface area contributed by atoms with Crippen molar-refractivity contribution in [3.05, 3.63) is 139 Å². The second-order valence-electron chi connectivity index (χ2n) is 12.3. The summed E-state index contributed by atoms with van der Waals surface area (Å²) >= 11 is 38.7. The van der Waals surface area contributed by atoms with Gasteiger partial charge in [-0.2, -0.15) is 0 Å². The van der Waals surface area contributed by atoms with Crippen molar-refractivity contribution in [3.8, 4) is 0 Å². The first kappa shape index (κ1) is 42.4. The molecule has 0 nitrogen and oxygen atoms in total. The number of hydrogen-bond acceptors (Lipinski definition) is 0. The minimum Gasteiger partial charge on any atom is -0.0928 e. The van der Waals surface area contributed by atoms with Gasteiger partial charge in [0.1, 0.15) is 0 Å². The zero-order chi connectivity index (χ0) is 34.7. The molecule has 8 heteroatoms. The zero-order valence-electron chi connectivity index (χ0n) is 27.1. The Hall–Kier alpha value is -0.0400. The van der Waals surface area contributed by atoms with Gasteiger partial charge in [-0.15, -0.1) is 0 Å².